The molecule has 0 spiro atoms. The lowest BCUT2D eigenvalue weighted by Crippen LogP contribution is -2.13. The zero-order valence-electron chi connectivity index (χ0n) is 11.8. The number of para-hydroxylation sites is 1. The molecule has 1 heterocycles. The number of aryl methyl sites for hydroxylation is 1. The first-order chi connectivity index (χ1) is 9.74. The van der Waals surface area contributed by atoms with E-state index in [4.69, 9.17) is 0 Å². The summed E-state index contributed by atoms with van der Waals surface area (Å²) in [5.41, 5.74) is 1.89. The molecule has 3 nitrogen and oxygen atoms in total. The van der Waals surface area contributed by atoms with Gasteiger partial charge in [0.05, 0.1) is 16.7 Å². The van der Waals surface area contributed by atoms with Crippen molar-refractivity contribution in [2.45, 2.75) is 50.0 Å². The molecule has 0 radical (unpaired) electrons. The van der Waals surface area contributed by atoms with Gasteiger partial charge in [-0.1, -0.05) is 31.4 Å². The fourth-order valence-electron chi connectivity index (χ4n) is 2.85. The van der Waals surface area contributed by atoms with Crippen LogP contribution in [0, 0.1) is 6.92 Å². The van der Waals surface area contributed by atoms with E-state index < -0.39 is 0 Å². The molecule has 1 aliphatic carbocycles. The molecule has 0 bridgehead atoms. The summed E-state index contributed by atoms with van der Waals surface area (Å²) >= 11 is 1.94. The molecule has 1 saturated carbocycles. The average molecular weight is 288 g/mol. The second-order valence-electron chi connectivity index (χ2n) is 5.55. The molecule has 106 valence electrons. The van der Waals surface area contributed by atoms with Crippen LogP contribution in [0.25, 0.3) is 10.9 Å². The second-order valence-corrected chi connectivity index (χ2v) is 6.84. The zero-order valence-corrected chi connectivity index (χ0v) is 12.6. The van der Waals surface area contributed by atoms with Crippen LogP contribution in [0.1, 0.15) is 43.5 Å². The zero-order chi connectivity index (χ0) is 13.9. The molecule has 20 heavy (non-hydrogen) atoms. The number of benzene rings is 1. The van der Waals surface area contributed by atoms with Crippen LogP contribution in [-0.2, 0) is 5.75 Å². The van der Waals surface area contributed by atoms with Crippen molar-refractivity contribution in [1.29, 1.82) is 0 Å². The third-order valence-corrected chi connectivity index (χ3v) is 5.38. The van der Waals surface area contributed by atoms with Gasteiger partial charge in [0.25, 0.3) is 5.56 Å². The highest BCUT2D eigenvalue weighted by Gasteiger charge is 2.14. The van der Waals surface area contributed by atoms with E-state index in [0.29, 0.717) is 5.39 Å². The van der Waals surface area contributed by atoms with Crippen molar-refractivity contribution in [3.8, 4) is 0 Å². The number of nitrogens with zero attached hydrogens (tertiary/aromatic N) is 1. The fourth-order valence-corrected chi connectivity index (χ4v) is 4.05. The van der Waals surface area contributed by atoms with Crippen molar-refractivity contribution >= 4 is 22.7 Å². The predicted molar refractivity (Wildman–Crippen MR) is 85.3 cm³/mol. The van der Waals surface area contributed by atoms with Crippen molar-refractivity contribution < 1.29 is 0 Å². The first-order valence-corrected chi connectivity index (χ1v) is 8.39. The van der Waals surface area contributed by atoms with E-state index in [1.54, 1.807) is 0 Å². The van der Waals surface area contributed by atoms with Crippen LogP contribution in [0.2, 0.25) is 0 Å². The molecule has 0 unspecified atom stereocenters. The van der Waals surface area contributed by atoms with Gasteiger partial charge in [-0.25, -0.2) is 4.98 Å². The van der Waals surface area contributed by atoms with Gasteiger partial charge in [-0.3, -0.25) is 4.79 Å². The smallest absolute Gasteiger partial charge is 0.258 e. The Balaban J connectivity index is 1.81. The van der Waals surface area contributed by atoms with Gasteiger partial charge in [-0.15, -0.1) is 0 Å². The van der Waals surface area contributed by atoms with E-state index >= 15 is 0 Å². The average Bonchev–Trinajstić information content (AvgIpc) is 2.47. The standard InChI is InChI=1S/C16H20N2OS/c1-11-6-5-9-13-15(11)17-14(18-16(13)19)10-20-12-7-3-2-4-8-12/h5-6,9,12H,2-4,7-8,10H2,1H3,(H,17,18,19). The molecule has 0 aliphatic heterocycles. The number of hydrogen-bond acceptors (Lipinski definition) is 3. The van der Waals surface area contributed by atoms with E-state index in [1.165, 1.54) is 32.1 Å². The van der Waals surface area contributed by atoms with Crippen LogP contribution in [0.15, 0.2) is 23.0 Å². The first kappa shape index (κ1) is 13.7. The molecule has 1 N–H and O–H groups in total. The Morgan fingerprint density at radius 1 is 1.30 bits per heavy atom. The lowest BCUT2D eigenvalue weighted by Gasteiger charge is -2.20. The van der Waals surface area contributed by atoms with E-state index in [2.05, 4.69) is 9.97 Å². The van der Waals surface area contributed by atoms with E-state index in [1.807, 2.05) is 36.9 Å². The number of aromatic nitrogens is 2. The van der Waals surface area contributed by atoms with Crippen molar-refractivity contribution in [1.82, 2.24) is 9.97 Å². The maximum absolute atomic E-state index is 12.1. The summed E-state index contributed by atoms with van der Waals surface area (Å²) in [5, 5.41) is 1.43. The normalized spacial score (nSPS) is 16.6. The number of fused-ring (bicyclic) bond motifs is 1. The molecular formula is C16H20N2OS. The van der Waals surface area contributed by atoms with Crippen molar-refractivity contribution in [3.63, 3.8) is 0 Å². The first-order valence-electron chi connectivity index (χ1n) is 7.34. The molecule has 1 aromatic heterocycles. The van der Waals surface area contributed by atoms with Gasteiger partial charge in [-0.05, 0) is 31.4 Å². The summed E-state index contributed by atoms with van der Waals surface area (Å²) in [6.45, 7) is 2.01. The molecule has 1 fully saturated rings. The van der Waals surface area contributed by atoms with E-state index in [0.717, 1.165) is 27.9 Å². The lowest BCUT2D eigenvalue weighted by molar-refractivity contribution is 0.516. The third-order valence-electron chi connectivity index (χ3n) is 3.99. The van der Waals surface area contributed by atoms with Gasteiger partial charge >= 0.3 is 0 Å². The Morgan fingerprint density at radius 2 is 2.10 bits per heavy atom. The highest BCUT2D eigenvalue weighted by Crippen LogP contribution is 2.29. The minimum atomic E-state index is -0.0158. The van der Waals surface area contributed by atoms with Crippen LogP contribution >= 0.6 is 11.8 Å². The number of rotatable bonds is 3. The summed E-state index contributed by atoms with van der Waals surface area (Å²) in [6, 6.07) is 5.75. The number of nitrogens with one attached hydrogen (secondary N) is 1. The Labute approximate surface area is 123 Å². The Bertz CT molecular complexity index is 659. The van der Waals surface area contributed by atoms with Crippen LogP contribution < -0.4 is 5.56 Å². The molecule has 4 heteroatoms. The fraction of sp³-hybridized carbons (Fsp3) is 0.500. The number of thioether (sulfide) groups is 1. The second kappa shape index (κ2) is 6.00. The number of aromatic amines is 1. The van der Waals surface area contributed by atoms with Gasteiger partial charge < -0.3 is 4.98 Å². The molecule has 0 amide bonds. The molecule has 2 aromatic rings. The topological polar surface area (TPSA) is 45.8 Å². The van der Waals surface area contributed by atoms with Gasteiger partial charge in [0.15, 0.2) is 0 Å². The minimum Gasteiger partial charge on any atom is -0.309 e. The van der Waals surface area contributed by atoms with Crippen LogP contribution in [0.4, 0.5) is 0 Å². The summed E-state index contributed by atoms with van der Waals surface area (Å²) in [5.74, 6) is 1.62. The maximum atomic E-state index is 12.1. The van der Waals surface area contributed by atoms with Gasteiger partial charge in [-0.2, -0.15) is 11.8 Å². The van der Waals surface area contributed by atoms with E-state index in [-0.39, 0.29) is 5.56 Å². The predicted octanol–water partition coefficient (Wildman–Crippen LogP) is 3.80. The SMILES string of the molecule is Cc1cccc2c(=O)[nH]c(CSC3CCCCC3)nc12. The summed E-state index contributed by atoms with van der Waals surface area (Å²) in [7, 11) is 0. The maximum Gasteiger partial charge on any atom is 0.258 e. The van der Waals surface area contributed by atoms with Crippen LogP contribution in [0.3, 0.4) is 0 Å². The molecule has 3 rings (SSSR count). The highest BCUT2D eigenvalue weighted by atomic mass is 32.2. The molecule has 1 aliphatic rings. The molecular weight excluding hydrogens is 268 g/mol. The Kier molecular flexibility index (Phi) is 4.10. The third kappa shape index (κ3) is 2.90. The number of hydrogen-bond donors (Lipinski definition) is 1. The monoisotopic (exact) mass is 288 g/mol. The van der Waals surface area contributed by atoms with Crippen LogP contribution in [0.5, 0.6) is 0 Å². The summed E-state index contributed by atoms with van der Waals surface area (Å²) < 4.78 is 0. The van der Waals surface area contributed by atoms with Crippen molar-refractivity contribution in [3.05, 3.63) is 39.9 Å². The quantitative estimate of drug-likeness (QED) is 0.934. The minimum absolute atomic E-state index is 0.0158. The highest BCUT2D eigenvalue weighted by molar-refractivity contribution is 7.99. The van der Waals surface area contributed by atoms with Crippen LogP contribution in [-0.4, -0.2) is 15.2 Å². The largest absolute Gasteiger partial charge is 0.309 e. The van der Waals surface area contributed by atoms with Gasteiger partial charge in [0.1, 0.15) is 5.82 Å². The summed E-state index contributed by atoms with van der Waals surface area (Å²) in [4.78, 5) is 19.7. The molecule has 1 aromatic carbocycles. The lowest BCUT2D eigenvalue weighted by atomic mass is 10.0. The molecule has 0 atom stereocenters. The van der Waals surface area contributed by atoms with E-state index in [9.17, 15) is 4.79 Å². The Morgan fingerprint density at radius 3 is 2.90 bits per heavy atom. The summed E-state index contributed by atoms with van der Waals surface area (Å²) in [6.07, 6.45) is 6.68. The van der Waals surface area contributed by atoms with Gasteiger partial charge in [0, 0.05) is 5.25 Å². The van der Waals surface area contributed by atoms with Crippen molar-refractivity contribution in [2.75, 3.05) is 0 Å². The molecule has 0 saturated heterocycles. The number of H-pyrrole nitrogens is 1. The Hall–Kier alpha value is -1.29. The van der Waals surface area contributed by atoms with Crippen molar-refractivity contribution in [2.24, 2.45) is 0 Å². The van der Waals surface area contributed by atoms with Gasteiger partial charge in [0.2, 0.25) is 0 Å².